The second-order valence-electron chi connectivity index (χ2n) is 4.78. The summed E-state index contributed by atoms with van der Waals surface area (Å²) < 4.78 is 10.4. The van der Waals surface area contributed by atoms with Crippen molar-refractivity contribution in [2.45, 2.75) is 13.1 Å². The van der Waals surface area contributed by atoms with Crippen molar-refractivity contribution >= 4 is 17.2 Å². The van der Waals surface area contributed by atoms with Gasteiger partial charge in [-0.15, -0.1) is 11.3 Å². The first kappa shape index (κ1) is 14.2. The Balaban J connectivity index is 1.49. The van der Waals surface area contributed by atoms with Gasteiger partial charge in [-0.05, 0) is 12.1 Å². The molecule has 0 unspecified atom stereocenters. The van der Waals surface area contributed by atoms with Crippen LogP contribution in [-0.2, 0) is 17.8 Å². The Hall–Kier alpha value is -1.70. The molecule has 112 valence electrons. The van der Waals surface area contributed by atoms with Gasteiger partial charge in [0.15, 0.2) is 5.76 Å². The average Bonchev–Trinajstić information content (AvgIpc) is 3.17. The first-order chi connectivity index (χ1) is 10.3. The number of hydrogen-bond donors (Lipinski definition) is 1. The highest BCUT2D eigenvalue weighted by Gasteiger charge is 2.13. The maximum atomic E-state index is 11.8. The number of thiazole rings is 1. The summed E-state index contributed by atoms with van der Waals surface area (Å²) in [5.74, 6) is 0.102. The molecule has 1 aliphatic heterocycles. The molecule has 0 spiro atoms. The van der Waals surface area contributed by atoms with Crippen molar-refractivity contribution < 1.29 is 13.9 Å². The molecule has 7 heteroatoms. The Morgan fingerprint density at radius 2 is 2.29 bits per heavy atom. The first-order valence-corrected chi connectivity index (χ1v) is 7.74. The van der Waals surface area contributed by atoms with E-state index < -0.39 is 0 Å². The van der Waals surface area contributed by atoms with Crippen LogP contribution in [0, 0.1) is 0 Å². The summed E-state index contributed by atoms with van der Waals surface area (Å²) in [5, 5.41) is 5.75. The molecule has 0 aliphatic carbocycles. The van der Waals surface area contributed by atoms with E-state index >= 15 is 0 Å². The molecule has 21 heavy (non-hydrogen) atoms. The van der Waals surface area contributed by atoms with Crippen molar-refractivity contribution in [3.8, 4) is 0 Å². The van der Waals surface area contributed by atoms with Crippen LogP contribution in [0.1, 0.15) is 21.3 Å². The minimum atomic E-state index is -0.218. The molecule has 1 saturated heterocycles. The summed E-state index contributed by atoms with van der Waals surface area (Å²) in [4.78, 5) is 18.6. The highest BCUT2D eigenvalue weighted by molar-refractivity contribution is 7.09. The predicted molar refractivity (Wildman–Crippen MR) is 78.1 cm³/mol. The second-order valence-corrected chi connectivity index (χ2v) is 5.72. The van der Waals surface area contributed by atoms with Gasteiger partial charge in [-0.1, -0.05) is 0 Å². The lowest BCUT2D eigenvalue weighted by molar-refractivity contribution is 0.0337. The summed E-state index contributed by atoms with van der Waals surface area (Å²) in [6.45, 7) is 4.73. The van der Waals surface area contributed by atoms with Crippen LogP contribution >= 0.6 is 11.3 Å². The van der Waals surface area contributed by atoms with Gasteiger partial charge >= 0.3 is 0 Å². The molecule has 1 amide bonds. The van der Waals surface area contributed by atoms with Crippen molar-refractivity contribution in [3.05, 3.63) is 40.2 Å². The maximum Gasteiger partial charge on any atom is 0.287 e. The van der Waals surface area contributed by atoms with Gasteiger partial charge in [0, 0.05) is 25.0 Å². The molecule has 0 bridgehead atoms. The Morgan fingerprint density at radius 1 is 1.43 bits per heavy atom. The van der Waals surface area contributed by atoms with Crippen LogP contribution in [0.15, 0.2) is 28.2 Å². The SMILES string of the molecule is O=C(NCc1nc(CN2CCOCC2)cs1)c1ccco1. The molecule has 3 heterocycles. The van der Waals surface area contributed by atoms with Crippen LogP contribution in [-0.4, -0.2) is 42.1 Å². The number of amides is 1. The molecular formula is C14H17N3O3S. The zero-order chi connectivity index (χ0) is 14.5. The van der Waals surface area contributed by atoms with Crippen LogP contribution in [0.2, 0.25) is 0 Å². The Kier molecular flexibility index (Phi) is 4.64. The molecule has 0 aromatic carbocycles. The number of furan rings is 1. The first-order valence-electron chi connectivity index (χ1n) is 6.86. The molecule has 0 saturated carbocycles. The van der Waals surface area contributed by atoms with Gasteiger partial charge in [-0.2, -0.15) is 0 Å². The predicted octanol–water partition coefficient (Wildman–Crippen LogP) is 1.50. The van der Waals surface area contributed by atoms with Crippen molar-refractivity contribution in [2.75, 3.05) is 26.3 Å². The standard InChI is InChI=1S/C14H17N3O3S/c18-14(12-2-1-5-20-12)15-8-13-16-11(10-21-13)9-17-3-6-19-7-4-17/h1-2,5,10H,3-4,6-9H2,(H,15,18). The van der Waals surface area contributed by atoms with Gasteiger partial charge in [-0.3, -0.25) is 9.69 Å². The molecule has 0 atom stereocenters. The van der Waals surface area contributed by atoms with E-state index in [4.69, 9.17) is 9.15 Å². The highest BCUT2D eigenvalue weighted by atomic mass is 32.1. The third-order valence-corrected chi connectivity index (χ3v) is 4.13. The smallest absolute Gasteiger partial charge is 0.287 e. The lowest BCUT2D eigenvalue weighted by Gasteiger charge is -2.25. The molecule has 2 aromatic heterocycles. The van der Waals surface area contributed by atoms with E-state index in [9.17, 15) is 4.79 Å². The van der Waals surface area contributed by atoms with Crippen LogP contribution in [0.5, 0.6) is 0 Å². The fourth-order valence-corrected chi connectivity index (χ4v) is 2.87. The van der Waals surface area contributed by atoms with Gasteiger partial charge < -0.3 is 14.5 Å². The van der Waals surface area contributed by atoms with Crippen LogP contribution in [0.4, 0.5) is 0 Å². The van der Waals surface area contributed by atoms with Crippen molar-refractivity contribution in [1.82, 2.24) is 15.2 Å². The van der Waals surface area contributed by atoms with Gasteiger partial charge in [0.1, 0.15) is 5.01 Å². The van der Waals surface area contributed by atoms with Crippen LogP contribution in [0.25, 0.3) is 0 Å². The van der Waals surface area contributed by atoms with Gasteiger partial charge in [0.25, 0.3) is 5.91 Å². The minimum Gasteiger partial charge on any atom is -0.459 e. The van der Waals surface area contributed by atoms with E-state index in [1.54, 1.807) is 23.5 Å². The zero-order valence-corrected chi connectivity index (χ0v) is 12.4. The summed E-state index contributed by atoms with van der Waals surface area (Å²) in [6.07, 6.45) is 1.48. The number of morpholine rings is 1. The maximum absolute atomic E-state index is 11.8. The molecule has 2 aromatic rings. The second kappa shape index (κ2) is 6.84. The van der Waals surface area contributed by atoms with E-state index in [2.05, 4.69) is 15.2 Å². The molecule has 1 N–H and O–H groups in total. The Labute approximate surface area is 126 Å². The molecular weight excluding hydrogens is 290 g/mol. The topological polar surface area (TPSA) is 67.6 Å². The molecule has 1 aliphatic rings. The Morgan fingerprint density at radius 3 is 3.05 bits per heavy atom. The van der Waals surface area contributed by atoms with E-state index in [0.29, 0.717) is 12.3 Å². The number of rotatable bonds is 5. The molecule has 0 radical (unpaired) electrons. The number of hydrogen-bond acceptors (Lipinski definition) is 6. The largest absolute Gasteiger partial charge is 0.459 e. The fourth-order valence-electron chi connectivity index (χ4n) is 2.14. The quantitative estimate of drug-likeness (QED) is 0.906. The number of carbonyl (C=O) groups is 1. The highest BCUT2D eigenvalue weighted by Crippen LogP contribution is 2.13. The lowest BCUT2D eigenvalue weighted by atomic mass is 10.3. The van der Waals surface area contributed by atoms with E-state index in [1.165, 1.54) is 6.26 Å². The van der Waals surface area contributed by atoms with Gasteiger partial charge in [-0.25, -0.2) is 4.98 Å². The van der Waals surface area contributed by atoms with Crippen molar-refractivity contribution in [1.29, 1.82) is 0 Å². The summed E-state index contributed by atoms with van der Waals surface area (Å²) in [6, 6.07) is 3.33. The van der Waals surface area contributed by atoms with Crippen molar-refractivity contribution in [2.24, 2.45) is 0 Å². The fraction of sp³-hybridized carbons (Fsp3) is 0.429. The third-order valence-electron chi connectivity index (χ3n) is 3.23. The number of aromatic nitrogens is 1. The lowest BCUT2D eigenvalue weighted by Crippen LogP contribution is -2.35. The monoisotopic (exact) mass is 307 g/mol. The Bertz CT molecular complexity index is 576. The van der Waals surface area contributed by atoms with Crippen molar-refractivity contribution in [3.63, 3.8) is 0 Å². The van der Waals surface area contributed by atoms with Crippen LogP contribution in [0.3, 0.4) is 0 Å². The molecule has 3 rings (SSSR count). The minimum absolute atomic E-state index is 0.218. The van der Waals surface area contributed by atoms with Gasteiger partial charge in [0.2, 0.25) is 0 Å². The number of ether oxygens (including phenoxy) is 1. The van der Waals surface area contributed by atoms with E-state index in [1.807, 2.05) is 5.38 Å². The number of nitrogens with one attached hydrogen (secondary N) is 1. The van der Waals surface area contributed by atoms with E-state index in [-0.39, 0.29) is 5.91 Å². The zero-order valence-electron chi connectivity index (χ0n) is 11.6. The average molecular weight is 307 g/mol. The normalized spacial score (nSPS) is 16.0. The summed E-state index contributed by atoms with van der Waals surface area (Å²) in [7, 11) is 0. The van der Waals surface area contributed by atoms with Crippen LogP contribution < -0.4 is 5.32 Å². The van der Waals surface area contributed by atoms with E-state index in [0.717, 1.165) is 43.5 Å². The summed E-state index contributed by atoms with van der Waals surface area (Å²) >= 11 is 1.56. The molecule has 6 nitrogen and oxygen atoms in total. The number of nitrogens with zero attached hydrogens (tertiary/aromatic N) is 2. The summed E-state index contributed by atoms with van der Waals surface area (Å²) in [5.41, 5.74) is 1.05. The third kappa shape index (κ3) is 3.90. The van der Waals surface area contributed by atoms with Gasteiger partial charge in [0.05, 0.1) is 31.7 Å². The molecule has 1 fully saturated rings. The number of carbonyl (C=O) groups excluding carboxylic acids is 1.